The number of pyridine rings is 1. The van der Waals surface area contributed by atoms with Crippen LogP contribution in [0.2, 0.25) is 0 Å². The molecule has 0 saturated heterocycles. The largest absolute Gasteiger partial charge is 0.481 e. The van der Waals surface area contributed by atoms with E-state index in [-0.39, 0.29) is 0 Å². The number of hydrogen-bond acceptors (Lipinski definition) is 3. The number of rotatable bonds is 7. The molecule has 2 fully saturated rings. The van der Waals surface area contributed by atoms with Crippen LogP contribution in [0.3, 0.4) is 0 Å². The first-order chi connectivity index (χ1) is 15.6. The van der Waals surface area contributed by atoms with E-state index in [2.05, 4.69) is 18.2 Å². The van der Waals surface area contributed by atoms with Crippen LogP contribution in [0.25, 0.3) is 11.1 Å². The SMILES string of the molecule is O=C(O)[C@]1(c2ccccc2)CC[C@@](OCC2CC2)(c2cc(-c3ccccc3)ccn2)CC1. The minimum Gasteiger partial charge on any atom is -0.481 e. The molecule has 2 aromatic carbocycles. The molecule has 1 heterocycles. The molecule has 0 aliphatic heterocycles. The Morgan fingerprint density at radius 1 is 0.906 bits per heavy atom. The summed E-state index contributed by atoms with van der Waals surface area (Å²) in [7, 11) is 0. The molecule has 3 aromatic rings. The van der Waals surface area contributed by atoms with Crippen molar-refractivity contribution in [1.29, 1.82) is 0 Å². The van der Waals surface area contributed by atoms with Gasteiger partial charge in [0, 0.05) is 6.20 Å². The van der Waals surface area contributed by atoms with Gasteiger partial charge in [-0.05, 0) is 73.3 Å². The first kappa shape index (κ1) is 20.9. The number of carboxylic acids is 1. The van der Waals surface area contributed by atoms with Gasteiger partial charge in [-0.25, -0.2) is 0 Å². The van der Waals surface area contributed by atoms with Gasteiger partial charge in [-0.1, -0.05) is 60.7 Å². The number of aromatic nitrogens is 1. The highest BCUT2D eigenvalue weighted by Gasteiger charge is 2.50. The molecule has 1 N–H and O–H groups in total. The standard InChI is InChI=1S/C28H29NO3/c30-26(31)27(24-9-5-2-6-10-24)14-16-28(17-15-27,32-20-21-11-12-21)25-19-23(13-18-29-25)22-7-3-1-4-8-22/h1-10,13,18-19,21H,11-12,14-17,20H2,(H,30,31)/t27-,28+. The van der Waals surface area contributed by atoms with Crippen LogP contribution in [0.5, 0.6) is 0 Å². The van der Waals surface area contributed by atoms with Crippen LogP contribution in [0.4, 0.5) is 0 Å². The molecule has 1 aromatic heterocycles. The number of carbonyl (C=O) groups is 1. The van der Waals surface area contributed by atoms with E-state index in [9.17, 15) is 9.90 Å². The quantitative estimate of drug-likeness (QED) is 0.505. The Kier molecular flexibility index (Phi) is 5.56. The van der Waals surface area contributed by atoms with Crippen LogP contribution in [0, 0.1) is 5.92 Å². The van der Waals surface area contributed by atoms with Crippen molar-refractivity contribution < 1.29 is 14.6 Å². The molecule has 32 heavy (non-hydrogen) atoms. The molecule has 2 aliphatic rings. The first-order valence-corrected chi connectivity index (χ1v) is 11.6. The highest BCUT2D eigenvalue weighted by molar-refractivity contribution is 5.81. The van der Waals surface area contributed by atoms with Crippen molar-refractivity contribution in [2.45, 2.75) is 49.5 Å². The van der Waals surface area contributed by atoms with Crippen LogP contribution >= 0.6 is 0 Å². The number of hydrogen-bond donors (Lipinski definition) is 1. The van der Waals surface area contributed by atoms with Gasteiger partial charge in [-0.3, -0.25) is 9.78 Å². The van der Waals surface area contributed by atoms with Gasteiger partial charge in [-0.2, -0.15) is 0 Å². The highest BCUT2D eigenvalue weighted by atomic mass is 16.5. The third kappa shape index (κ3) is 3.95. The van der Waals surface area contributed by atoms with Gasteiger partial charge in [-0.15, -0.1) is 0 Å². The van der Waals surface area contributed by atoms with E-state index in [1.807, 2.05) is 60.8 Å². The van der Waals surface area contributed by atoms with Crippen molar-refractivity contribution in [2.75, 3.05) is 6.61 Å². The zero-order valence-corrected chi connectivity index (χ0v) is 18.2. The second kappa shape index (κ2) is 8.51. The Morgan fingerprint density at radius 3 is 2.19 bits per heavy atom. The Morgan fingerprint density at radius 2 is 1.56 bits per heavy atom. The zero-order valence-electron chi connectivity index (χ0n) is 18.2. The summed E-state index contributed by atoms with van der Waals surface area (Å²) in [5, 5.41) is 10.2. The molecule has 5 rings (SSSR count). The summed E-state index contributed by atoms with van der Waals surface area (Å²) in [5.74, 6) is -0.116. The second-order valence-corrected chi connectivity index (χ2v) is 9.30. The van der Waals surface area contributed by atoms with Crippen molar-refractivity contribution in [2.24, 2.45) is 5.92 Å². The Labute approximate surface area is 189 Å². The van der Waals surface area contributed by atoms with E-state index in [4.69, 9.17) is 9.72 Å². The van der Waals surface area contributed by atoms with Gasteiger partial charge in [0.25, 0.3) is 0 Å². The maximum absolute atomic E-state index is 12.5. The molecule has 2 saturated carbocycles. The van der Waals surface area contributed by atoms with E-state index < -0.39 is 17.0 Å². The zero-order chi connectivity index (χ0) is 22.0. The molecule has 0 unspecified atom stereocenters. The van der Waals surface area contributed by atoms with Crippen molar-refractivity contribution in [3.8, 4) is 11.1 Å². The summed E-state index contributed by atoms with van der Waals surface area (Å²) in [5.41, 5.74) is 2.66. The summed E-state index contributed by atoms with van der Waals surface area (Å²) in [4.78, 5) is 17.2. The van der Waals surface area contributed by atoms with Crippen LogP contribution in [0.1, 0.15) is 49.8 Å². The minimum atomic E-state index is -0.870. The third-order valence-corrected chi connectivity index (χ3v) is 7.27. The van der Waals surface area contributed by atoms with E-state index in [0.717, 1.165) is 29.0 Å². The van der Waals surface area contributed by atoms with Gasteiger partial charge in [0.15, 0.2) is 0 Å². The second-order valence-electron chi connectivity index (χ2n) is 9.30. The molecule has 4 nitrogen and oxygen atoms in total. The Hall–Kier alpha value is -2.98. The predicted octanol–water partition coefficient (Wildman–Crippen LogP) is 5.97. The van der Waals surface area contributed by atoms with Crippen LogP contribution in [-0.2, 0) is 20.5 Å². The first-order valence-electron chi connectivity index (χ1n) is 11.6. The molecule has 0 bridgehead atoms. The summed E-state index contributed by atoms with van der Waals surface area (Å²) >= 11 is 0. The average Bonchev–Trinajstić information content (AvgIpc) is 3.69. The van der Waals surface area contributed by atoms with Gasteiger partial charge < -0.3 is 9.84 Å². The minimum absolute atomic E-state index is 0.536. The number of nitrogens with zero attached hydrogens (tertiary/aromatic N) is 1. The summed E-state index contributed by atoms with van der Waals surface area (Å²) in [6.45, 7) is 0.725. The maximum Gasteiger partial charge on any atom is 0.314 e. The van der Waals surface area contributed by atoms with Crippen LogP contribution in [-0.4, -0.2) is 22.7 Å². The molecule has 0 spiro atoms. The molecule has 0 atom stereocenters. The smallest absolute Gasteiger partial charge is 0.314 e. The number of benzene rings is 2. The fraction of sp³-hybridized carbons (Fsp3) is 0.357. The van der Waals surface area contributed by atoms with Crippen molar-refractivity contribution in [3.63, 3.8) is 0 Å². The van der Waals surface area contributed by atoms with Gasteiger partial charge in [0.05, 0.1) is 17.7 Å². The van der Waals surface area contributed by atoms with Crippen molar-refractivity contribution in [3.05, 3.63) is 90.3 Å². The molecular weight excluding hydrogens is 398 g/mol. The summed E-state index contributed by atoms with van der Waals surface area (Å²) < 4.78 is 6.62. The summed E-state index contributed by atoms with van der Waals surface area (Å²) in [6.07, 6.45) is 6.66. The van der Waals surface area contributed by atoms with Crippen molar-refractivity contribution in [1.82, 2.24) is 4.98 Å². The molecule has 2 aliphatic carbocycles. The van der Waals surface area contributed by atoms with E-state index in [1.54, 1.807) is 0 Å². The highest BCUT2D eigenvalue weighted by Crippen LogP contribution is 2.50. The normalized spacial score (nSPS) is 25.4. The van der Waals surface area contributed by atoms with Crippen LogP contribution < -0.4 is 0 Å². The summed E-state index contributed by atoms with van der Waals surface area (Å²) in [6, 6.07) is 24.1. The van der Waals surface area contributed by atoms with E-state index in [1.165, 1.54) is 12.8 Å². The number of carboxylic acid groups (broad SMARTS) is 1. The maximum atomic E-state index is 12.5. The number of aliphatic carboxylic acids is 1. The molecule has 4 heteroatoms. The Balaban J connectivity index is 1.48. The fourth-order valence-corrected chi connectivity index (χ4v) is 4.99. The van der Waals surface area contributed by atoms with Crippen LogP contribution in [0.15, 0.2) is 79.0 Å². The lowest BCUT2D eigenvalue weighted by molar-refractivity contribution is -0.151. The fourth-order valence-electron chi connectivity index (χ4n) is 4.99. The topological polar surface area (TPSA) is 59.4 Å². The van der Waals surface area contributed by atoms with Crippen molar-refractivity contribution >= 4 is 5.97 Å². The molecule has 0 radical (unpaired) electrons. The van der Waals surface area contributed by atoms with Gasteiger partial charge in [0.1, 0.15) is 5.60 Å². The molecule has 164 valence electrons. The average molecular weight is 428 g/mol. The van der Waals surface area contributed by atoms with E-state index in [0.29, 0.717) is 31.6 Å². The monoisotopic (exact) mass is 427 g/mol. The number of ether oxygens (including phenoxy) is 1. The third-order valence-electron chi connectivity index (χ3n) is 7.27. The lowest BCUT2D eigenvalue weighted by Gasteiger charge is -2.44. The van der Waals surface area contributed by atoms with Gasteiger partial charge in [0.2, 0.25) is 0 Å². The lowest BCUT2D eigenvalue weighted by Crippen LogP contribution is -2.46. The Bertz CT molecular complexity index is 1070. The van der Waals surface area contributed by atoms with Gasteiger partial charge >= 0.3 is 5.97 Å². The molecular formula is C28H29NO3. The lowest BCUT2D eigenvalue weighted by atomic mass is 9.64. The predicted molar refractivity (Wildman–Crippen MR) is 124 cm³/mol. The molecule has 0 amide bonds. The van der Waals surface area contributed by atoms with E-state index >= 15 is 0 Å².